The molecule has 3 saturated heterocycles. The maximum Gasteiger partial charge on any atom is 0.187 e. The van der Waals surface area contributed by atoms with Crippen molar-refractivity contribution >= 4 is 0 Å². The Morgan fingerprint density at radius 1 is 0.634 bits per heavy atom. The molecule has 3 aliphatic heterocycles. The predicted octanol–water partition coefficient (Wildman–Crippen LogP) is -3.14. The number of hydrogen-bond acceptors (Lipinski definition) is 14. The highest BCUT2D eigenvalue weighted by Gasteiger charge is 2.52. The Balaban J connectivity index is 1.28. The Morgan fingerprint density at radius 3 is 2.00 bits per heavy atom. The molecule has 0 radical (unpaired) electrons. The van der Waals surface area contributed by atoms with Crippen LogP contribution in [0.25, 0.3) is 0 Å². The van der Waals surface area contributed by atoms with Crippen LogP contribution in [-0.2, 0) is 23.7 Å². The molecule has 5 fully saturated rings. The minimum Gasteiger partial charge on any atom is -0.393 e. The van der Waals surface area contributed by atoms with E-state index in [1.54, 1.807) is 0 Å². The zero-order valence-corrected chi connectivity index (χ0v) is 23.1. The molecule has 0 aromatic rings. The van der Waals surface area contributed by atoms with Crippen LogP contribution >= 0.6 is 0 Å². The third kappa shape index (κ3) is 6.76. The van der Waals surface area contributed by atoms with Crippen molar-refractivity contribution in [3.05, 3.63) is 0 Å². The second kappa shape index (κ2) is 13.2. The van der Waals surface area contributed by atoms with Crippen molar-refractivity contribution in [3.63, 3.8) is 0 Å². The molecule has 238 valence electrons. The summed E-state index contributed by atoms with van der Waals surface area (Å²) in [7, 11) is 0. The molecule has 2 saturated carbocycles. The fourth-order valence-corrected chi connectivity index (χ4v) is 7.06. The quantitative estimate of drug-likeness (QED) is 0.148. The highest BCUT2D eigenvalue weighted by atomic mass is 16.7. The molecular weight excluding hydrogens is 548 g/mol. The van der Waals surface area contributed by atoms with Crippen molar-refractivity contribution in [1.29, 1.82) is 0 Å². The minimum absolute atomic E-state index is 0.0182. The Hall–Kier alpha value is -0.560. The summed E-state index contributed by atoms with van der Waals surface area (Å²) in [6.45, 7) is 1.09. The van der Waals surface area contributed by atoms with E-state index in [9.17, 15) is 46.0 Å². The van der Waals surface area contributed by atoms with Crippen LogP contribution in [-0.4, -0.2) is 151 Å². The largest absolute Gasteiger partial charge is 0.393 e. The van der Waals surface area contributed by atoms with Crippen molar-refractivity contribution in [1.82, 2.24) is 0 Å². The van der Waals surface area contributed by atoms with Crippen molar-refractivity contribution in [2.24, 2.45) is 11.8 Å². The first-order chi connectivity index (χ1) is 19.4. The SMILES string of the molecule is CC1OC(OCC2OC(OC3CC4C(O)CC(O)CC4OC3C3CCC(O)CC3)C(O)C(O)C2O)C(O)C(O)C1O. The second-order valence-corrected chi connectivity index (χ2v) is 12.5. The molecule has 0 aromatic carbocycles. The summed E-state index contributed by atoms with van der Waals surface area (Å²) < 4.78 is 29.5. The van der Waals surface area contributed by atoms with Gasteiger partial charge in [-0.15, -0.1) is 0 Å². The molecule has 0 bridgehead atoms. The zero-order chi connectivity index (χ0) is 29.6. The molecule has 5 rings (SSSR count). The molecule has 0 amide bonds. The summed E-state index contributed by atoms with van der Waals surface area (Å²) in [6, 6.07) is 0. The number of rotatable bonds is 6. The van der Waals surface area contributed by atoms with Crippen LogP contribution in [0, 0.1) is 11.8 Å². The normalized spacial score (nSPS) is 54.9. The molecule has 0 spiro atoms. The number of hydrogen-bond donors (Lipinski definition) is 9. The van der Waals surface area contributed by atoms with Crippen LogP contribution < -0.4 is 0 Å². The average Bonchev–Trinajstić information content (AvgIpc) is 2.94. The van der Waals surface area contributed by atoms with E-state index in [1.807, 2.05) is 0 Å². The minimum atomic E-state index is -1.66. The molecule has 2 aliphatic carbocycles. The maximum atomic E-state index is 10.8. The average molecular weight is 595 g/mol. The van der Waals surface area contributed by atoms with Crippen LogP contribution in [0.2, 0.25) is 0 Å². The van der Waals surface area contributed by atoms with Crippen LogP contribution in [0.3, 0.4) is 0 Å². The van der Waals surface area contributed by atoms with Crippen LogP contribution in [0.5, 0.6) is 0 Å². The number of aliphatic hydroxyl groups is 9. The number of ether oxygens (including phenoxy) is 5. The van der Waals surface area contributed by atoms with E-state index in [-0.39, 0.29) is 30.5 Å². The van der Waals surface area contributed by atoms with E-state index in [0.29, 0.717) is 38.5 Å². The lowest BCUT2D eigenvalue weighted by Crippen LogP contribution is -2.63. The molecular formula is C27H46O14. The van der Waals surface area contributed by atoms with Crippen LogP contribution in [0.4, 0.5) is 0 Å². The Bertz CT molecular complexity index is 843. The summed E-state index contributed by atoms with van der Waals surface area (Å²) in [6.07, 6.45) is -14.0. The van der Waals surface area contributed by atoms with Gasteiger partial charge in [-0.2, -0.15) is 0 Å². The Kier molecular flexibility index (Phi) is 10.3. The van der Waals surface area contributed by atoms with Crippen molar-refractivity contribution in [2.45, 2.75) is 150 Å². The van der Waals surface area contributed by atoms with E-state index in [0.717, 1.165) is 0 Å². The summed E-state index contributed by atoms with van der Waals surface area (Å²) in [4.78, 5) is 0. The number of aliphatic hydroxyl groups excluding tert-OH is 9. The van der Waals surface area contributed by atoms with Gasteiger partial charge in [0.1, 0.15) is 42.7 Å². The van der Waals surface area contributed by atoms with Gasteiger partial charge < -0.3 is 69.6 Å². The van der Waals surface area contributed by atoms with E-state index in [1.165, 1.54) is 6.92 Å². The van der Waals surface area contributed by atoms with E-state index >= 15 is 0 Å². The Labute approximate surface area is 238 Å². The van der Waals surface area contributed by atoms with Crippen molar-refractivity contribution < 1.29 is 69.6 Å². The van der Waals surface area contributed by atoms with E-state index in [2.05, 4.69) is 0 Å². The fraction of sp³-hybridized carbons (Fsp3) is 1.00. The summed E-state index contributed by atoms with van der Waals surface area (Å²) in [5, 5.41) is 93.2. The molecule has 14 heteroatoms. The van der Waals surface area contributed by atoms with Gasteiger partial charge in [-0.25, -0.2) is 0 Å². The van der Waals surface area contributed by atoms with Gasteiger partial charge in [0.25, 0.3) is 0 Å². The fourth-order valence-electron chi connectivity index (χ4n) is 7.06. The lowest BCUT2D eigenvalue weighted by atomic mass is 9.73. The maximum absolute atomic E-state index is 10.8. The third-order valence-electron chi connectivity index (χ3n) is 9.61. The van der Waals surface area contributed by atoms with Gasteiger partial charge in [0, 0.05) is 5.92 Å². The predicted molar refractivity (Wildman–Crippen MR) is 136 cm³/mol. The molecule has 41 heavy (non-hydrogen) atoms. The topological polar surface area (TPSA) is 228 Å². The molecule has 14 nitrogen and oxygen atoms in total. The lowest BCUT2D eigenvalue weighted by molar-refractivity contribution is -0.345. The molecule has 16 unspecified atom stereocenters. The highest BCUT2D eigenvalue weighted by Crippen LogP contribution is 2.43. The Morgan fingerprint density at radius 2 is 1.29 bits per heavy atom. The van der Waals surface area contributed by atoms with Crippen LogP contribution in [0.15, 0.2) is 0 Å². The monoisotopic (exact) mass is 594 g/mol. The second-order valence-electron chi connectivity index (χ2n) is 12.5. The van der Waals surface area contributed by atoms with Crippen molar-refractivity contribution in [2.75, 3.05) is 6.61 Å². The van der Waals surface area contributed by atoms with Gasteiger partial charge >= 0.3 is 0 Å². The van der Waals surface area contributed by atoms with E-state index in [4.69, 9.17) is 23.7 Å². The highest BCUT2D eigenvalue weighted by molar-refractivity contribution is 4.98. The first kappa shape index (κ1) is 31.9. The van der Waals surface area contributed by atoms with Gasteiger partial charge in [-0.3, -0.25) is 0 Å². The molecule has 5 aliphatic rings. The zero-order valence-electron chi connectivity index (χ0n) is 23.1. The van der Waals surface area contributed by atoms with Gasteiger partial charge in [0.05, 0.1) is 49.3 Å². The van der Waals surface area contributed by atoms with E-state index < -0.39 is 92.4 Å². The third-order valence-corrected chi connectivity index (χ3v) is 9.61. The molecule has 9 N–H and O–H groups in total. The summed E-state index contributed by atoms with van der Waals surface area (Å²) in [5.74, 6) is -0.303. The van der Waals surface area contributed by atoms with Gasteiger partial charge in [-0.05, 0) is 57.8 Å². The number of fused-ring (bicyclic) bond motifs is 1. The lowest BCUT2D eigenvalue weighted by Gasteiger charge is -2.51. The molecule has 0 aromatic heterocycles. The molecule has 16 atom stereocenters. The van der Waals surface area contributed by atoms with Crippen LogP contribution in [0.1, 0.15) is 51.9 Å². The summed E-state index contributed by atoms with van der Waals surface area (Å²) >= 11 is 0. The van der Waals surface area contributed by atoms with Gasteiger partial charge in [-0.1, -0.05) is 0 Å². The van der Waals surface area contributed by atoms with Crippen molar-refractivity contribution in [3.8, 4) is 0 Å². The first-order valence-corrected chi connectivity index (χ1v) is 14.8. The standard InChI is InChI=1S/C27H46O14/c1-10-19(31)21(33)23(35)26(38-10)37-9-18-20(32)22(34)24(36)27(41-18)40-17-8-14-15(30)6-13(29)7-16(14)39-25(17)11-2-4-12(28)5-3-11/h10-36H,2-9H2,1H3. The first-order valence-electron chi connectivity index (χ1n) is 14.8. The smallest absolute Gasteiger partial charge is 0.187 e. The summed E-state index contributed by atoms with van der Waals surface area (Å²) in [5.41, 5.74) is 0. The van der Waals surface area contributed by atoms with Gasteiger partial charge in [0.15, 0.2) is 12.6 Å². The molecule has 3 heterocycles. The van der Waals surface area contributed by atoms with Gasteiger partial charge in [0.2, 0.25) is 0 Å².